The summed E-state index contributed by atoms with van der Waals surface area (Å²) in [5.74, 6) is 1.73. The summed E-state index contributed by atoms with van der Waals surface area (Å²) in [5.41, 5.74) is 0.947. The minimum atomic E-state index is -3.86. The molecule has 3 rings (SSSR count). The first-order valence-corrected chi connectivity index (χ1v) is 10.1. The third-order valence-corrected chi connectivity index (χ3v) is 5.55. The van der Waals surface area contributed by atoms with Crippen LogP contribution in [0.3, 0.4) is 0 Å². The molecular formula is C18H19ClN4O3S. The van der Waals surface area contributed by atoms with E-state index >= 15 is 0 Å². The second kappa shape index (κ2) is 7.58. The van der Waals surface area contributed by atoms with Crippen LogP contribution in [0.4, 0.5) is 5.69 Å². The van der Waals surface area contributed by atoms with Gasteiger partial charge >= 0.3 is 0 Å². The van der Waals surface area contributed by atoms with Crippen molar-refractivity contribution in [2.24, 2.45) is 0 Å². The largest absolute Gasteiger partial charge is 0.495 e. The van der Waals surface area contributed by atoms with E-state index in [-0.39, 0.29) is 15.8 Å². The molecule has 0 saturated carbocycles. The van der Waals surface area contributed by atoms with E-state index in [0.29, 0.717) is 22.8 Å². The number of aromatic nitrogens is 3. The summed E-state index contributed by atoms with van der Waals surface area (Å²) in [6, 6.07) is 11.2. The van der Waals surface area contributed by atoms with Crippen molar-refractivity contribution in [1.82, 2.24) is 15.2 Å². The first kappa shape index (κ1) is 19.2. The Labute approximate surface area is 162 Å². The predicted molar refractivity (Wildman–Crippen MR) is 105 cm³/mol. The highest BCUT2D eigenvalue weighted by molar-refractivity contribution is 7.92. The number of rotatable bonds is 6. The number of nitrogens with one attached hydrogen (secondary N) is 2. The van der Waals surface area contributed by atoms with Crippen molar-refractivity contribution in [2.45, 2.75) is 24.7 Å². The van der Waals surface area contributed by atoms with E-state index in [1.807, 2.05) is 13.8 Å². The summed E-state index contributed by atoms with van der Waals surface area (Å²) in [6.07, 6.45) is 0. The van der Waals surface area contributed by atoms with Gasteiger partial charge in [0.25, 0.3) is 10.0 Å². The number of anilines is 1. The molecule has 9 heteroatoms. The van der Waals surface area contributed by atoms with E-state index < -0.39 is 10.0 Å². The number of sulfonamides is 1. The fourth-order valence-corrected chi connectivity index (χ4v) is 3.87. The molecule has 0 fully saturated rings. The average Bonchev–Trinajstić information content (AvgIpc) is 3.12. The van der Waals surface area contributed by atoms with Gasteiger partial charge in [-0.3, -0.25) is 9.82 Å². The van der Waals surface area contributed by atoms with E-state index in [4.69, 9.17) is 16.3 Å². The summed E-state index contributed by atoms with van der Waals surface area (Å²) >= 11 is 6.06. The monoisotopic (exact) mass is 406 g/mol. The van der Waals surface area contributed by atoms with Crippen LogP contribution in [0.5, 0.6) is 5.75 Å². The summed E-state index contributed by atoms with van der Waals surface area (Å²) in [4.78, 5) is 4.47. The SMILES string of the molecule is COc1ccc(S(=O)(=O)Nc2ccccc2-c2n[nH]c(C(C)C)n2)cc1Cl. The number of halogens is 1. The molecule has 1 heterocycles. The Morgan fingerprint density at radius 1 is 1.19 bits per heavy atom. The number of para-hydroxylation sites is 1. The molecular weight excluding hydrogens is 388 g/mol. The van der Waals surface area contributed by atoms with Crippen LogP contribution in [0.1, 0.15) is 25.6 Å². The maximum absolute atomic E-state index is 12.8. The maximum Gasteiger partial charge on any atom is 0.261 e. The predicted octanol–water partition coefficient (Wildman–Crippen LogP) is 4.06. The van der Waals surface area contributed by atoms with Gasteiger partial charge in [-0.2, -0.15) is 5.10 Å². The number of benzene rings is 2. The number of H-pyrrole nitrogens is 1. The first-order valence-electron chi connectivity index (χ1n) is 8.20. The van der Waals surface area contributed by atoms with Crippen LogP contribution in [0.2, 0.25) is 5.02 Å². The average molecular weight is 407 g/mol. The second-order valence-electron chi connectivity index (χ2n) is 6.15. The number of nitrogens with zero attached hydrogens (tertiary/aromatic N) is 2. The molecule has 2 aromatic carbocycles. The summed E-state index contributed by atoms with van der Waals surface area (Å²) < 4.78 is 33.2. The van der Waals surface area contributed by atoms with Crippen LogP contribution >= 0.6 is 11.6 Å². The molecule has 0 saturated heterocycles. The number of aromatic amines is 1. The Morgan fingerprint density at radius 3 is 2.56 bits per heavy atom. The zero-order valence-electron chi connectivity index (χ0n) is 15.0. The molecule has 0 amide bonds. The van der Waals surface area contributed by atoms with Crippen molar-refractivity contribution in [3.8, 4) is 17.1 Å². The van der Waals surface area contributed by atoms with E-state index in [1.165, 1.54) is 25.3 Å². The molecule has 0 aliphatic carbocycles. The lowest BCUT2D eigenvalue weighted by molar-refractivity contribution is 0.414. The van der Waals surface area contributed by atoms with Crippen LogP contribution in [0.15, 0.2) is 47.4 Å². The topological polar surface area (TPSA) is 97.0 Å². The Morgan fingerprint density at radius 2 is 1.93 bits per heavy atom. The van der Waals surface area contributed by atoms with Gasteiger partial charge in [-0.15, -0.1) is 0 Å². The number of ether oxygens (including phenoxy) is 1. The lowest BCUT2D eigenvalue weighted by Crippen LogP contribution is -2.13. The smallest absolute Gasteiger partial charge is 0.261 e. The molecule has 0 radical (unpaired) electrons. The molecule has 0 atom stereocenters. The Hall–Kier alpha value is -2.58. The van der Waals surface area contributed by atoms with Crippen LogP contribution in [0, 0.1) is 0 Å². The van der Waals surface area contributed by atoms with Gasteiger partial charge < -0.3 is 4.74 Å². The molecule has 0 unspecified atom stereocenters. The van der Waals surface area contributed by atoms with Gasteiger partial charge in [0.05, 0.1) is 22.7 Å². The van der Waals surface area contributed by atoms with Gasteiger partial charge in [-0.1, -0.05) is 37.6 Å². The number of hydrogen-bond acceptors (Lipinski definition) is 5. The molecule has 3 aromatic rings. The molecule has 0 bridgehead atoms. The van der Waals surface area contributed by atoms with Crippen molar-refractivity contribution >= 4 is 27.3 Å². The van der Waals surface area contributed by atoms with Crippen molar-refractivity contribution in [3.05, 3.63) is 53.3 Å². The maximum atomic E-state index is 12.8. The van der Waals surface area contributed by atoms with Gasteiger partial charge in [-0.25, -0.2) is 13.4 Å². The zero-order chi connectivity index (χ0) is 19.6. The van der Waals surface area contributed by atoms with E-state index in [2.05, 4.69) is 19.9 Å². The minimum Gasteiger partial charge on any atom is -0.495 e. The summed E-state index contributed by atoms with van der Waals surface area (Å²) in [5, 5.41) is 7.29. The fourth-order valence-electron chi connectivity index (χ4n) is 2.44. The minimum absolute atomic E-state index is 0.0287. The van der Waals surface area contributed by atoms with Gasteiger partial charge in [0, 0.05) is 11.5 Å². The molecule has 1 aromatic heterocycles. The Balaban J connectivity index is 1.96. The van der Waals surface area contributed by atoms with Crippen molar-refractivity contribution in [3.63, 3.8) is 0 Å². The molecule has 142 valence electrons. The van der Waals surface area contributed by atoms with Crippen molar-refractivity contribution < 1.29 is 13.2 Å². The molecule has 7 nitrogen and oxygen atoms in total. The van der Waals surface area contributed by atoms with E-state index in [9.17, 15) is 8.42 Å². The zero-order valence-corrected chi connectivity index (χ0v) is 16.6. The highest BCUT2D eigenvalue weighted by Crippen LogP contribution is 2.30. The normalized spacial score (nSPS) is 11.6. The third kappa shape index (κ3) is 4.06. The van der Waals surface area contributed by atoms with Gasteiger partial charge in [0.1, 0.15) is 11.6 Å². The summed E-state index contributed by atoms with van der Waals surface area (Å²) in [6.45, 7) is 3.98. The second-order valence-corrected chi connectivity index (χ2v) is 8.24. The van der Waals surface area contributed by atoms with Crippen molar-refractivity contribution in [1.29, 1.82) is 0 Å². The van der Waals surface area contributed by atoms with Crippen LogP contribution in [-0.2, 0) is 10.0 Å². The Kier molecular flexibility index (Phi) is 5.38. The first-order chi connectivity index (χ1) is 12.8. The van der Waals surface area contributed by atoms with Crippen LogP contribution < -0.4 is 9.46 Å². The standard InChI is InChI=1S/C18H19ClN4O3S/c1-11(2)17-20-18(22-21-17)13-6-4-5-7-15(13)23-27(24,25)12-8-9-16(26-3)14(19)10-12/h4-11,23H,1-3H3,(H,20,21,22). The van der Waals surface area contributed by atoms with Crippen LogP contribution in [0.25, 0.3) is 11.4 Å². The van der Waals surface area contributed by atoms with Crippen LogP contribution in [-0.4, -0.2) is 30.7 Å². The lowest BCUT2D eigenvalue weighted by Gasteiger charge is -2.12. The third-order valence-electron chi connectivity index (χ3n) is 3.90. The molecule has 0 aliphatic heterocycles. The van der Waals surface area contributed by atoms with Gasteiger partial charge in [0.15, 0.2) is 5.82 Å². The molecule has 2 N–H and O–H groups in total. The van der Waals surface area contributed by atoms with E-state index in [1.54, 1.807) is 24.3 Å². The van der Waals surface area contributed by atoms with Gasteiger partial charge in [0.2, 0.25) is 0 Å². The Bertz CT molecular complexity index is 1060. The highest BCUT2D eigenvalue weighted by Gasteiger charge is 2.19. The van der Waals surface area contributed by atoms with Gasteiger partial charge in [-0.05, 0) is 30.3 Å². The fraction of sp³-hybridized carbons (Fsp3) is 0.222. The molecule has 0 aliphatic rings. The number of methoxy groups -OCH3 is 1. The summed E-state index contributed by atoms with van der Waals surface area (Å²) in [7, 11) is -2.39. The van der Waals surface area contributed by atoms with E-state index in [0.717, 1.165) is 5.82 Å². The number of hydrogen-bond donors (Lipinski definition) is 2. The highest BCUT2D eigenvalue weighted by atomic mass is 35.5. The molecule has 0 spiro atoms. The van der Waals surface area contributed by atoms with Crippen molar-refractivity contribution in [2.75, 3.05) is 11.8 Å². The quantitative estimate of drug-likeness (QED) is 0.643. The lowest BCUT2D eigenvalue weighted by atomic mass is 10.1. The molecule has 27 heavy (non-hydrogen) atoms.